The van der Waals surface area contributed by atoms with Crippen molar-refractivity contribution in [1.82, 2.24) is 19.9 Å². The molecule has 0 aliphatic heterocycles. The predicted molar refractivity (Wildman–Crippen MR) is 277 cm³/mol. The first-order valence-corrected chi connectivity index (χ1v) is 25.7. The molecule has 6 aromatic carbocycles. The topological polar surface area (TPSA) is 152 Å². The van der Waals surface area contributed by atoms with Gasteiger partial charge in [0.05, 0.1) is 36.0 Å². The van der Waals surface area contributed by atoms with E-state index in [9.17, 15) is 16.8 Å². The predicted octanol–water partition coefficient (Wildman–Crippen LogP) is 12.0. The van der Waals surface area contributed by atoms with E-state index in [1.807, 2.05) is 153 Å². The first kappa shape index (κ1) is 47.5. The Morgan fingerprint density at radius 1 is 0.561 bits per heavy atom. The summed E-state index contributed by atoms with van der Waals surface area (Å²) in [6, 6.07) is 41.1. The van der Waals surface area contributed by atoms with Crippen molar-refractivity contribution < 1.29 is 16.8 Å². The van der Waals surface area contributed by atoms with Crippen LogP contribution in [0.25, 0.3) is 63.1 Å². The lowest BCUT2D eigenvalue weighted by molar-refractivity contribution is 0.596. The first-order chi connectivity index (χ1) is 31.2. The molecule has 0 spiro atoms. The molecule has 2 N–H and O–H groups in total. The fraction of sp³-hybridized carbons (Fsp3) is 0.120. The maximum absolute atomic E-state index is 13.5. The van der Waals surface area contributed by atoms with Crippen molar-refractivity contribution >= 4 is 111 Å². The SMILES string of the molecule is C.CN(C)c1cccc2c(S(=O)(=O)Cc3cccc(-c4nc5ccncc5s4)c3)cccc12.CN(C)c1cccc2c(S(=O)(=O)Cl)cccc12.Nc1cccc(-c2nc3ccncc3s2)c1. The average molecular weight is 973 g/mol. The molecule has 0 unspecified atom stereocenters. The first-order valence-electron chi connectivity index (χ1n) is 20.1. The van der Waals surface area contributed by atoms with Gasteiger partial charge in [-0.25, -0.2) is 26.8 Å². The molecule has 10 aromatic rings. The standard InChI is InChI=1S/C25H21N3O2S2.C12H12ClNO2S.C12H9N3S.CH4/c1-28(2)22-10-4-9-20-19(22)8-5-11-24(20)32(29,30)16-17-6-3-7-18(14-17)25-27-21-12-13-26-15-23(21)31-25;1-14(2)11-7-3-6-10-9(11)5-4-8-12(10)17(13,15)16;13-9-3-1-2-8(6-9)12-15-10-4-5-14-7-11(10)16-12;/h3-15H,16H2,1-2H3;3-8H,1-2H3;1-7H,13H2;1H4. The molecule has 0 aliphatic rings. The van der Waals surface area contributed by atoms with Crippen LogP contribution in [0.15, 0.2) is 168 Å². The van der Waals surface area contributed by atoms with Crippen LogP contribution in [0.3, 0.4) is 0 Å². The minimum Gasteiger partial charge on any atom is -0.399 e. The van der Waals surface area contributed by atoms with E-state index < -0.39 is 18.9 Å². The molecule has 336 valence electrons. The van der Waals surface area contributed by atoms with Crippen molar-refractivity contribution in [2.75, 3.05) is 43.7 Å². The third-order valence-corrected chi connectivity index (χ3v) is 15.6. The fourth-order valence-corrected chi connectivity index (χ4v) is 11.9. The zero-order valence-electron chi connectivity index (χ0n) is 35.6. The smallest absolute Gasteiger partial charge is 0.261 e. The average Bonchev–Trinajstić information content (AvgIpc) is 3.94. The van der Waals surface area contributed by atoms with Gasteiger partial charge in [0, 0.05) is 113 Å². The number of sulfone groups is 1. The molecule has 0 bridgehead atoms. The third-order valence-electron chi connectivity index (χ3n) is 10.3. The maximum Gasteiger partial charge on any atom is 0.261 e. The second-order valence-electron chi connectivity index (χ2n) is 15.3. The molecule has 0 fully saturated rings. The minimum atomic E-state index is -3.72. The zero-order valence-corrected chi connectivity index (χ0v) is 39.6. The van der Waals surface area contributed by atoms with Crippen LogP contribution in [0.5, 0.6) is 0 Å². The minimum absolute atomic E-state index is 0. The number of pyridine rings is 2. The number of nitrogens with two attached hydrogens (primary N) is 1. The molecule has 10 rings (SSSR count). The van der Waals surface area contributed by atoms with Gasteiger partial charge in [0.2, 0.25) is 0 Å². The van der Waals surface area contributed by atoms with Gasteiger partial charge in [-0.15, -0.1) is 22.7 Å². The summed E-state index contributed by atoms with van der Waals surface area (Å²) in [5.41, 5.74) is 13.0. The summed E-state index contributed by atoms with van der Waals surface area (Å²) < 4.78 is 52.0. The van der Waals surface area contributed by atoms with E-state index in [2.05, 4.69) is 19.9 Å². The summed E-state index contributed by atoms with van der Waals surface area (Å²) in [5.74, 6) is -0.0708. The number of aromatic nitrogens is 4. The third kappa shape index (κ3) is 10.5. The Hall–Kier alpha value is -6.49. The molecule has 0 radical (unpaired) electrons. The lowest BCUT2D eigenvalue weighted by atomic mass is 10.1. The Morgan fingerprint density at radius 2 is 1.02 bits per heavy atom. The van der Waals surface area contributed by atoms with E-state index in [1.54, 1.807) is 59.5 Å². The molecule has 0 aliphatic carbocycles. The highest BCUT2D eigenvalue weighted by Gasteiger charge is 2.21. The van der Waals surface area contributed by atoms with Crippen LogP contribution in [-0.4, -0.2) is 65.0 Å². The van der Waals surface area contributed by atoms with Crippen LogP contribution in [0, 0.1) is 0 Å². The van der Waals surface area contributed by atoms with Gasteiger partial charge in [-0.1, -0.05) is 86.3 Å². The molecule has 4 aromatic heterocycles. The van der Waals surface area contributed by atoms with Crippen molar-refractivity contribution in [1.29, 1.82) is 0 Å². The second kappa shape index (κ2) is 19.9. The van der Waals surface area contributed by atoms with Crippen molar-refractivity contribution in [2.45, 2.75) is 23.0 Å². The van der Waals surface area contributed by atoms with Gasteiger partial charge < -0.3 is 15.5 Å². The molecule has 11 nitrogen and oxygen atoms in total. The van der Waals surface area contributed by atoms with Crippen molar-refractivity contribution in [3.63, 3.8) is 0 Å². The lowest BCUT2D eigenvalue weighted by Gasteiger charge is -2.17. The number of fused-ring (bicyclic) bond motifs is 4. The summed E-state index contributed by atoms with van der Waals surface area (Å²) in [5, 5.41) is 5.03. The number of thiazole rings is 2. The highest BCUT2D eigenvalue weighted by Crippen LogP contribution is 2.35. The van der Waals surface area contributed by atoms with Crippen molar-refractivity contribution in [2.24, 2.45) is 0 Å². The highest BCUT2D eigenvalue weighted by molar-refractivity contribution is 8.14. The number of anilines is 3. The number of nitrogens with zero attached hydrogens (tertiary/aromatic N) is 6. The summed E-state index contributed by atoms with van der Waals surface area (Å²) in [6.07, 6.45) is 7.11. The van der Waals surface area contributed by atoms with Gasteiger partial charge in [0.15, 0.2) is 9.84 Å². The second-order valence-corrected chi connectivity index (χ2v) is 21.8. The molecule has 0 amide bonds. The molecule has 4 heterocycles. The van der Waals surface area contributed by atoms with Crippen LogP contribution in [-0.2, 0) is 24.6 Å². The molecule has 16 heteroatoms. The lowest BCUT2D eigenvalue weighted by Crippen LogP contribution is -2.10. The Morgan fingerprint density at radius 3 is 1.52 bits per heavy atom. The summed E-state index contributed by atoms with van der Waals surface area (Å²) in [6.45, 7) is 0. The molecule has 0 saturated carbocycles. The normalized spacial score (nSPS) is 11.3. The van der Waals surface area contributed by atoms with E-state index >= 15 is 0 Å². The molecule has 0 saturated heterocycles. The van der Waals surface area contributed by atoms with Gasteiger partial charge >= 0.3 is 0 Å². The van der Waals surface area contributed by atoms with Crippen LogP contribution in [0.1, 0.15) is 13.0 Å². The van der Waals surface area contributed by atoms with Crippen molar-refractivity contribution in [3.8, 4) is 21.1 Å². The van der Waals surface area contributed by atoms with Crippen LogP contribution in [0.2, 0.25) is 0 Å². The Bertz CT molecular complexity index is 3510. The molecular formula is C50H46ClN7O4S4. The largest absolute Gasteiger partial charge is 0.399 e. The summed E-state index contributed by atoms with van der Waals surface area (Å²) in [7, 11) is 5.90. The molecule has 66 heavy (non-hydrogen) atoms. The van der Waals surface area contributed by atoms with Gasteiger partial charge in [0.25, 0.3) is 9.05 Å². The van der Waals surface area contributed by atoms with E-state index in [-0.39, 0.29) is 18.1 Å². The number of halogens is 1. The monoisotopic (exact) mass is 971 g/mol. The van der Waals surface area contributed by atoms with Gasteiger partial charge in [0.1, 0.15) is 10.0 Å². The number of rotatable bonds is 8. The number of nitrogen functional groups attached to an aromatic ring is 1. The Kier molecular flexibility index (Phi) is 14.3. The maximum atomic E-state index is 13.5. The molecular weight excluding hydrogens is 926 g/mol. The van der Waals surface area contributed by atoms with Gasteiger partial charge in [-0.3, -0.25) is 9.97 Å². The quantitative estimate of drug-likeness (QED) is 0.114. The Labute approximate surface area is 397 Å². The highest BCUT2D eigenvalue weighted by atomic mass is 35.7. The van der Waals surface area contributed by atoms with E-state index in [1.165, 1.54) is 6.07 Å². The summed E-state index contributed by atoms with van der Waals surface area (Å²) in [4.78, 5) is 21.9. The zero-order chi connectivity index (χ0) is 45.9. The number of hydrogen-bond acceptors (Lipinski definition) is 13. The molecule has 0 atom stereocenters. The van der Waals surface area contributed by atoms with Crippen LogP contribution >= 0.6 is 33.4 Å². The van der Waals surface area contributed by atoms with Crippen LogP contribution < -0.4 is 15.5 Å². The Balaban J connectivity index is 0.000000161. The summed E-state index contributed by atoms with van der Waals surface area (Å²) >= 11 is 3.18. The van der Waals surface area contributed by atoms with E-state index in [4.69, 9.17) is 16.4 Å². The van der Waals surface area contributed by atoms with E-state index in [0.717, 1.165) is 80.4 Å². The fourth-order valence-electron chi connectivity index (χ4n) is 7.36. The van der Waals surface area contributed by atoms with Gasteiger partial charge in [-0.2, -0.15) is 0 Å². The van der Waals surface area contributed by atoms with Gasteiger partial charge in [-0.05, 0) is 60.2 Å². The van der Waals surface area contributed by atoms with Crippen molar-refractivity contribution in [3.05, 3.63) is 164 Å². The van der Waals surface area contributed by atoms with E-state index in [0.29, 0.717) is 10.3 Å². The number of benzene rings is 6. The number of hydrogen-bond donors (Lipinski definition) is 1. The van der Waals surface area contributed by atoms with Crippen LogP contribution in [0.4, 0.5) is 17.1 Å².